The minimum absolute atomic E-state index is 0.782. The van der Waals surface area contributed by atoms with E-state index in [0.717, 1.165) is 53.2 Å². The van der Waals surface area contributed by atoms with Gasteiger partial charge in [-0.15, -0.1) is 0 Å². The smallest absolute Gasteiger partial charge is 0.134 e. The highest BCUT2D eigenvalue weighted by Crippen LogP contribution is 2.35. The molecule has 5 rings (SSSR count). The Morgan fingerprint density at radius 1 is 1.14 bits per heavy atom. The van der Waals surface area contributed by atoms with Crippen LogP contribution in [0, 0.1) is 5.92 Å². The SMILES string of the molecule is Cn1cc(N2CC=CC=C2c2ccnc(NCC3CC3)c2)c(-c2ccccn2)n1. The highest BCUT2D eigenvalue weighted by atomic mass is 15.3. The molecule has 4 heterocycles. The van der Waals surface area contributed by atoms with Gasteiger partial charge in [0.2, 0.25) is 0 Å². The molecule has 1 aliphatic carbocycles. The van der Waals surface area contributed by atoms with Crippen molar-refractivity contribution >= 4 is 17.2 Å². The molecule has 6 nitrogen and oxygen atoms in total. The Morgan fingerprint density at radius 3 is 2.90 bits per heavy atom. The van der Waals surface area contributed by atoms with Gasteiger partial charge in [0.05, 0.1) is 11.4 Å². The fraction of sp³-hybridized carbons (Fsp3) is 0.261. The van der Waals surface area contributed by atoms with Crippen LogP contribution in [0.15, 0.2) is 67.2 Å². The molecule has 2 aliphatic rings. The van der Waals surface area contributed by atoms with Crippen molar-refractivity contribution in [3.8, 4) is 11.4 Å². The molecular formula is C23H24N6. The Morgan fingerprint density at radius 2 is 2.07 bits per heavy atom. The van der Waals surface area contributed by atoms with Crippen molar-refractivity contribution in [2.75, 3.05) is 23.3 Å². The minimum atomic E-state index is 0.782. The maximum absolute atomic E-state index is 4.69. The van der Waals surface area contributed by atoms with Crippen molar-refractivity contribution in [3.05, 3.63) is 72.7 Å². The second-order valence-corrected chi connectivity index (χ2v) is 7.60. The summed E-state index contributed by atoms with van der Waals surface area (Å²) in [6, 6.07) is 10.1. The fourth-order valence-electron chi connectivity index (χ4n) is 3.61. The molecule has 1 aliphatic heterocycles. The molecule has 1 fully saturated rings. The third kappa shape index (κ3) is 3.78. The Kier molecular flexibility index (Phi) is 4.60. The average Bonchev–Trinajstić information content (AvgIpc) is 3.53. The second kappa shape index (κ2) is 7.54. The maximum atomic E-state index is 4.69. The Hall–Kier alpha value is -3.41. The summed E-state index contributed by atoms with van der Waals surface area (Å²) >= 11 is 0. The zero-order valence-electron chi connectivity index (χ0n) is 16.5. The number of hydrogen-bond donors (Lipinski definition) is 1. The molecule has 0 spiro atoms. The summed E-state index contributed by atoms with van der Waals surface area (Å²) < 4.78 is 1.85. The van der Waals surface area contributed by atoms with Gasteiger partial charge in [-0.1, -0.05) is 18.2 Å². The summed E-state index contributed by atoms with van der Waals surface area (Å²) in [5, 5.41) is 8.17. The zero-order chi connectivity index (χ0) is 19.6. The summed E-state index contributed by atoms with van der Waals surface area (Å²) in [5.74, 6) is 1.74. The van der Waals surface area contributed by atoms with E-state index >= 15 is 0 Å². The minimum Gasteiger partial charge on any atom is -0.370 e. The van der Waals surface area contributed by atoms with Crippen LogP contribution >= 0.6 is 0 Å². The summed E-state index contributed by atoms with van der Waals surface area (Å²) in [6.45, 7) is 1.79. The third-order valence-corrected chi connectivity index (χ3v) is 5.30. The Labute approximate surface area is 170 Å². The van der Waals surface area contributed by atoms with Gasteiger partial charge < -0.3 is 10.2 Å². The molecule has 146 valence electrons. The monoisotopic (exact) mass is 384 g/mol. The molecule has 1 saturated carbocycles. The standard InChI is InChI=1S/C23H24N6/c1-28-16-21(23(27-28)19-6-2-4-11-24-19)29-13-5-3-7-20(29)18-10-12-25-22(14-18)26-15-17-8-9-17/h2-7,10-12,14,16-17H,8-9,13,15H2,1H3,(H,25,26). The highest BCUT2D eigenvalue weighted by molar-refractivity contribution is 5.87. The van der Waals surface area contributed by atoms with E-state index in [-0.39, 0.29) is 0 Å². The topological polar surface area (TPSA) is 58.9 Å². The quantitative estimate of drug-likeness (QED) is 0.693. The van der Waals surface area contributed by atoms with Crippen molar-refractivity contribution in [2.24, 2.45) is 13.0 Å². The van der Waals surface area contributed by atoms with Gasteiger partial charge in [-0.2, -0.15) is 5.10 Å². The van der Waals surface area contributed by atoms with Crippen molar-refractivity contribution < 1.29 is 0 Å². The third-order valence-electron chi connectivity index (χ3n) is 5.30. The van der Waals surface area contributed by atoms with Crippen LogP contribution in [-0.4, -0.2) is 32.8 Å². The van der Waals surface area contributed by atoms with Crippen molar-refractivity contribution in [1.29, 1.82) is 0 Å². The number of rotatable bonds is 6. The summed E-state index contributed by atoms with van der Waals surface area (Å²) in [5.41, 5.74) is 5.08. The van der Waals surface area contributed by atoms with Crippen LogP contribution < -0.4 is 10.2 Å². The van der Waals surface area contributed by atoms with Gasteiger partial charge in [-0.3, -0.25) is 9.67 Å². The number of aryl methyl sites for hydroxylation is 1. The van der Waals surface area contributed by atoms with E-state index in [1.165, 1.54) is 12.8 Å². The predicted octanol–water partition coefficient (Wildman–Crippen LogP) is 4.12. The zero-order valence-corrected chi connectivity index (χ0v) is 16.5. The van der Waals surface area contributed by atoms with Crippen LogP contribution in [0.25, 0.3) is 17.1 Å². The lowest BCUT2D eigenvalue weighted by molar-refractivity contribution is 0.769. The number of nitrogens with zero attached hydrogens (tertiary/aromatic N) is 5. The van der Waals surface area contributed by atoms with E-state index in [4.69, 9.17) is 5.10 Å². The molecule has 0 saturated heterocycles. The lowest BCUT2D eigenvalue weighted by atomic mass is 10.1. The fourth-order valence-corrected chi connectivity index (χ4v) is 3.61. The Balaban J connectivity index is 1.49. The molecule has 0 radical (unpaired) electrons. The second-order valence-electron chi connectivity index (χ2n) is 7.60. The molecule has 29 heavy (non-hydrogen) atoms. The van der Waals surface area contributed by atoms with Gasteiger partial charge in [-0.25, -0.2) is 4.98 Å². The van der Waals surface area contributed by atoms with Crippen LogP contribution in [0.1, 0.15) is 18.4 Å². The van der Waals surface area contributed by atoms with Gasteiger partial charge in [-0.05, 0) is 49.1 Å². The van der Waals surface area contributed by atoms with Gasteiger partial charge >= 0.3 is 0 Å². The highest BCUT2D eigenvalue weighted by Gasteiger charge is 2.23. The van der Waals surface area contributed by atoms with Gasteiger partial charge in [0.1, 0.15) is 11.5 Å². The van der Waals surface area contributed by atoms with E-state index in [2.05, 4.69) is 56.7 Å². The van der Waals surface area contributed by atoms with Crippen molar-refractivity contribution in [1.82, 2.24) is 19.7 Å². The number of anilines is 2. The number of aromatic nitrogens is 4. The predicted molar refractivity (Wildman–Crippen MR) is 116 cm³/mol. The normalized spacial score (nSPS) is 16.0. The van der Waals surface area contributed by atoms with Gasteiger partial charge in [0.25, 0.3) is 0 Å². The number of hydrogen-bond acceptors (Lipinski definition) is 5. The Bertz CT molecular complexity index is 1060. The van der Waals surface area contributed by atoms with E-state index in [1.807, 2.05) is 36.1 Å². The van der Waals surface area contributed by atoms with E-state index in [0.29, 0.717) is 0 Å². The first kappa shape index (κ1) is 17.7. The lowest BCUT2D eigenvalue weighted by Gasteiger charge is -2.28. The van der Waals surface area contributed by atoms with Crippen molar-refractivity contribution in [2.45, 2.75) is 12.8 Å². The molecule has 0 atom stereocenters. The summed E-state index contributed by atoms with van der Waals surface area (Å²) in [7, 11) is 1.95. The van der Waals surface area contributed by atoms with Crippen LogP contribution in [0.2, 0.25) is 0 Å². The lowest BCUT2D eigenvalue weighted by Crippen LogP contribution is -2.24. The molecule has 3 aromatic heterocycles. The molecule has 0 unspecified atom stereocenters. The largest absolute Gasteiger partial charge is 0.370 e. The van der Waals surface area contributed by atoms with Crippen LogP contribution in [-0.2, 0) is 7.05 Å². The molecular weight excluding hydrogens is 360 g/mol. The van der Waals surface area contributed by atoms with Crippen LogP contribution in [0.3, 0.4) is 0 Å². The van der Waals surface area contributed by atoms with E-state index in [1.54, 1.807) is 6.20 Å². The first-order chi connectivity index (χ1) is 14.3. The first-order valence-electron chi connectivity index (χ1n) is 10.1. The number of allylic oxidation sites excluding steroid dienone is 2. The average molecular weight is 384 g/mol. The number of nitrogens with one attached hydrogen (secondary N) is 1. The molecule has 0 amide bonds. The molecule has 3 aromatic rings. The molecule has 6 heteroatoms. The number of pyridine rings is 2. The molecule has 1 N–H and O–H groups in total. The van der Waals surface area contributed by atoms with Gasteiger partial charge in [0.15, 0.2) is 0 Å². The summed E-state index contributed by atoms with van der Waals surface area (Å²) in [6.07, 6.45) is 14.8. The van der Waals surface area contributed by atoms with Crippen LogP contribution in [0.4, 0.5) is 11.5 Å². The molecule has 0 aromatic carbocycles. The van der Waals surface area contributed by atoms with Crippen molar-refractivity contribution in [3.63, 3.8) is 0 Å². The van der Waals surface area contributed by atoms with Gasteiger partial charge in [0, 0.05) is 50.0 Å². The van der Waals surface area contributed by atoms with E-state index in [9.17, 15) is 0 Å². The molecule has 0 bridgehead atoms. The maximum Gasteiger partial charge on any atom is 0.134 e. The summed E-state index contributed by atoms with van der Waals surface area (Å²) in [4.78, 5) is 11.3. The van der Waals surface area contributed by atoms with E-state index < -0.39 is 0 Å². The van der Waals surface area contributed by atoms with Crippen LogP contribution in [0.5, 0.6) is 0 Å². The first-order valence-corrected chi connectivity index (χ1v) is 10.1.